The van der Waals surface area contributed by atoms with E-state index in [1.54, 1.807) is 18.3 Å². The molecule has 2 saturated heterocycles. The fourth-order valence-corrected chi connectivity index (χ4v) is 5.44. The number of amides is 2. The molecule has 6 rings (SSSR count). The van der Waals surface area contributed by atoms with E-state index in [9.17, 15) is 19.1 Å². The highest BCUT2D eigenvalue weighted by molar-refractivity contribution is 6.30. The van der Waals surface area contributed by atoms with Gasteiger partial charge in [0.05, 0.1) is 60.2 Å². The van der Waals surface area contributed by atoms with E-state index in [0.29, 0.717) is 46.6 Å². The molecule has 0 unspecified atom stereocenters. The van der Waals surface area contributed by atoms with Crippen LogP contribution in [0.2, 0.25) is 5.02 Å². The average Bonchev–Trinajstić information content (AvgIpc) is 3.42. The maximum atomic E-state index is 14.7. The highest BCUT2D eigenvalue weighted by Gasteiger charge is 2.36. The first-order chi connectivity index (χ1) is 19.1. The second-order valence-corrected chi connectivity index (χ2v) is 11.5. The molecule has 2 N–H and O–H groups in total. The zero-order valence-corrected chi connectivity index (χ0v) is 23.1. The molecule has 3 aliphatic rings. The fraction of sp³-hybridized carbons (Fsp3) is 0.481. The molecule has 212 valence electrons. The molecule has 1 atom stereocenters. The van der Waals surface area contributed by atoms with Crippen LogP contribution in [0.4, 0.5) is 15.8 Å². The van der Waals surface area contributed by atoms with Crippen LogP contribution >= 0.6 is 11.6 Å². The number of piperazine rings is 1. The third-order valence-electron chi connectivity index (χ3n) is 7.86. The van der Waals surface area contributed by atoms with Crippen LogP contribution in [0.5, 0.6) is 0 Å². The summed E-state index contributed by atoms with van der Waals surface area (Å²) in [6, 6.07) is 4.01. The molecule has 40 heavy (non-hydrogen) atoms. The van der Waals surface area contributed by atoms with Gasteiger partial charge in [-0.25, -0.2) is 13.9 Å². The number of aliphatic hydroxyl groups is 1. The van der Waals surface area contributed by atoms with Gasteiger partial charge in [-0.15, -0.1) is 0 Å². The first kappa shape index (κ1) is 26.9. The van der Waals surface area contributed by atoms with Crippen LogP contribution in [0, 0.1) is 0 Å². The molecular weight excluding hydrogens is 541 g/mol. The van der Waals surface area contributed by atoms with Crippen LogP contribution in [0.1, 0.15) is 40.1 Å². The Morgan fingerprint density at radius 3 is 2.67 bits per heavy atom. The van der Waals surface area contributed by atoms with Crippen molar-refractivity contribution in [2.75, 3.05) is 56.2 Å². The third-order valence-corrected chi connectivity index (χ3v) is 8.05. The smallest absolute Gasteiger partial charge is 0.261 e. The number of alkyl halides is 1. The van der Waals surface area contributed by atoms with Gasteiger partial charge in [-0.1, -0.05) is 11.6 Å². The van der Waals surface area contributed by atoms with E-state index in [1.807, 2.05) is 0 Å². The Labute approximate surface area is 235 Å². The van der Waals surface area contributed by atoms with Gasteiger partial charge in [0.25, 0.3) is 11.8 Å². The fourth-order valence-electron chi connectivity index (χ4n) is 5.30. The van der Waals surface area contributed by atoms with Crippen molar-refractivity contribution in [3.8, 4) is 0 Å². The predicted molar refractivity (Wildman–Crippen MR) is 147 cm³/mol. The van der Waals surface area contributed by atoms with Crippen molar-refractivity contribution >= 4 is 40.4 Å². The minimum absolute atomic E-state index is 0.181. The van der Waals surface area contributed by atoms with E-state index < -0.39 is 17.7 Å². The monoisotopic (exact) mass is 571 g/mol. The molecule has 0 saturated carbocycles. The Hall–Kier alpha value is -3.32. The quantitative estimate of drug-likeness (QED) is 0.444. The summed E-state index contributed by atoms with van der Waals surface area (Å²) in [4.78, 5) is 36.9. The molecule has 3 aliphatic heterocycles. The number of hydrogen-bond acceptors (Lipinski definition) is 8. The van der Waals surface area contributed by atoms with Crippen LogP contribution in [-0.2, 0) is 11.3 Å². The van der Waals surface area contributed by atoms with E-state index >= 15 is 0 Å². The SMILES string of the molecule is CC(C)(O)[C@@H](F)CN1Cc2cc(NC(=O)c3cnn4cc(Cl)cnc34)c(N3CCN(C4COC4)CC3)cc2C1=O. The number of ether oxygens (including phenoxy) is 1. The van der Waals surface area contributed by atoms with E-state index in [1.165, 1.54) is 35.7 Å². The number of nitrogens with zero attached hydrogens (tertiary/aromatic N) is 6. The van der Waals surface area contributed by atoms with Crippen molar-refractivity contribution < 1.29 is 23.8 Å². The largest absolute Gasteiger partial charge is 0.387 e. The molecule has 1 aromatic carbocycles. The first-order valence-corrected chi connectivity index (χ1v) is 13.7. The van der Waals surface area contributed by atoms with Gasteiger partial charge in [-0.3, -0.25) is 14.5 Å². The lowest BCUT2D eigenvalue weighted by Crippen LogP contribution is -2.56. The van der Waals surface area contributed by atoms with Gasteiger partial charge in [0.1, 0.15) is 11.7 Å². The Bertz CT molecular complexity index is 1460. The van der Waals surface area contributed by atoms with Crippen molar-refractivity contribution in [3.05, 3.63) is 52.4 Å². The summed E-state index contributed by atoms with van der Waals surface area (Å²) in [5.74, 6) is -0.696. The highest BCUT2D eigenvalue weighted by atomic mass is 35.5. The molecule has 13 heteroatoms. The normalized spacial score (nSPS) is 19.2. The van der Waals surface area contributed by atoms with Crippen LogP contribution in [0.15, 0.2) is 30.7 Å². The summed E-state index contributed by atoms with van der Waals surface area (Å²) in [5, 5.41) is 17.7. The summed E-state index contributed by atoms with van der Waals surface area (Å²) < 4.78 is 21.5. The van der Waals surface area contributed by atoms with Crippen molar-refractivity contribution in [3.63, 3.8) is 0 Å². The summed E-state index contributed by atoms with van der Waals surface area (Å²) in [6.07, 6.45) is 2.85. The van der Waals surface area contributed by atoms with E-state index in [2.05, 4.69) is 25.2 Å². The van der Waals surface area contributed by atoms with Crippen molar-refractivity contribution in [2.45, 2.75) is 38.2 Å². The Morgan fingerprint density at radius 1 is 1.25 bits per heavy atom. The molecular formula is C27H31ClFN7O4. The standard InChI is InChI=1S/C27H31ClFN7O4/c1-27(2,39)23(29)13-35-11-16-7-21(32-25(37)20-10-31-36-12-17(28)9-30-24(20)36)22(8-19(16)26(35)38)34-5-3-33(4-6-34)18-14-40-15-18/h7-10,12,18,23,39H,3-6,11,13-15H2,1-2H3,(H,32,37)/t23-/m0/s1. The number of nitrogens with one attached hydrogen (secondary N) is 1. The molecule has 0 radical (unpaired) electrons. The highest BCUT2D eigenvalue weighted by Crippen LogP contribution is 2.36. The second kappa shape index (κ2) is 10.3. The van der Waals surface area contributed by atoms with Crippen LogP contribution in [-0.4, -0.2) is 105 Å². The minimum Gasteiger partial charge on any atom is -0.387 e. The zero-order chi connectivity index (χ0) is 28.2. The van der Waals surface area contributed by atoms with Gasteiger partial charge >= 0.3 is 0 Å². The maximum absolute atomic E-state index is 14.7. The summed E-state index contributed by atoms with van der Waals surface area (Å²) in [6.45, 7) is 7.26. The molecule has 0 aliphatic carbocycles. The lowest BCUT2D eigenvalue weighted by molar-refractivity contribution is -0.0660. The molecule has 3 aromatic rings. The molecule has 5 heterocycles. The van der Waals surface area contributed by atoms with Gasteiger partial charge in [-0.05, 0) is 31.5 Å². The Balaban J connectivity index is 1.30. The predicted octanol–water partition coefficient (Wildman–Crippen LogP) is 2.22. The average molecular weight is 572 g/mol. The number of benzene rings is 1. The van der Waals surface area contributed by atoms with E-state index in [0.717, 1.165) is 32.0 Å². The number of carbonyl (C=O) groups is 2. The van der Waals surface area contributed by atoms with Crippen LogP contribution < -0.4 is 10.2 Å². The lowest BCUT2D eigenvalue weighted by Gasteiger charge is -2.43. The van der Waals surface area contributed by atoms with Crippen LogP contribution in [0.3, 0.4) is 0 Å². The number of carbonyl (C=O) groups excluding carboxylic acids is 2. The van der Waals surface area contributed by atoms with Gasteiger partial charge in [0.2, 0.25) is 0 Å². The third kappa shape index (κ3) is 5.00. The zero-order valence-electron chi connectivity index (χ0n) is 22.3. The molecule has 0 spiro atoms. The molecule has 2 aromatic heterocycles. The summed E-state index contributed by atoms with van der Waals surface area (Å²) >= 11 is 6.01. The van der Waals surface area contributed by atoms with Gasteiger partial charge in [-0.2, -0.15) is 5.10 Å². The van der Waals surface area contributed by atoms with Gasteiger partial charge in [0, 0.05) is 44.5 Å². The summed E-state index contributed by atoms with van der Waals surface area (Å²) in [5.41, 5.74) is 1.49. The lowest BCUT2D eigenvalue weighted by atomic mass is 10.0. The number of hydrogen-bond donors (Lipinski definition) is 2. The Kier molecular flexibility index (Phi) is 6.89. The van der Waals surface area contributed by atoms with Gasteiger partial charge in [0.15, 0.2) is 5.65 Å². The molecule has 11 nitrogen and oxygen atoms in total. The topological polar surface area (TPSA) is 116 Å². The Morgan fingerprint density at radius 2 is 2.00 bits per heavy atom. The number of anilines is 2. The van der Waals surface area contributed by atoms with Crippen molar-refractivity contribution in [1.82, 2.24) is 24.4 Å². The second-order valence-electron chi connectivity index (χ2n) is 11.1. The van der Waals surface area contributed by atoms with Crippen molar-refractivity contribution in [2.24, 2.45) is 0 Å². The van der Waals surface area contributed by atoms with E-state index in [-0.39, 0.29) is 24.6 Å². The van der Waals surface area contributed by atoms with Crippen molar-refractivity contribution in [1.29, 1.82) is 0 Å². The van der Waals surface area contributed by atoms with E-state index in [4.69, 9.17) is 16.3 Å². The minimum atomic E-state index is -1.61. The molecule has 0 bridgehead atoms. The van der Waals surface area contributed by atoms with Gasteiger partial charge < -0.3 is 25.0 Å². The molecule has 2 fully saturated rings. The molecule has 2 amide bonds. The summed E-state index contributed by atoms with van der Waals surface area (Å²) in [7, 11) is 0. The number of halogens is 2. The number of rotatable bonds is 7. The maximum Gasteiger partial charge on any atom is 0.261 e. The first-order valence-electron chi connectivity index (χ1n) is 13.3. The number of aromatic nitrogens is 3. The van der Waals surface area contributed by atoms with Crippen LogP contribution in [0.25, 0.3) is 5.65 Å². The number of fused-ring (bicyclic) bond motifs is 2.